The van der Waals surface area contributed by atoms with Gasteiger partial charge in [-0.15, -0.1) is 0 Å². The van der Waals surface area contributed by atoms with Gasteiger partial charge in [0.1, 0.15) is 11.6 Å². The van der Waals surface area contributed by atoms with Crippen molar-refractivity contribution in [2.45, 2.75) is 28.6 Å². The van der Waals surface area contributed by atoms with Crippen molar-refractivity contribution < 1.29 is 18.0 Å². The summed E-state index contributed by atoms with van der Waals surface area (Å²) < 4.78 is 24.7. The maximum Gasteiger partial charge on any atom is 0.240 e. The van der Waals surface area contributed by atoms with Crippen molar-refractivity contribution in [3.05, 3.63) is 29.3 Å². The molecular formula is C13H13Cl4NO4S. The van der Waals surface area contributed by atoms with E-state index < -0.39 is 37.3 Å². The summed E-state index contributed by atoms with van der Waals surface area (Å²) in [5, 5.41) is 0.340. The van der Waals surface area contributed by atoms with Gasteiger partial charge in [0, 0.05) is 5.02 Å². The van der Waals surface area contributed by atoms with Crippen LogP contribution in [0.15, 0.2) is 29.2 Å². The molecule has 10 heteroatoms. The fraction of sp³-hybridized carbons (Fsp3) is 0.385. The predicted octanol–water partition coefficient (Wildman–Crippen LogP) is 3.15. The van der Waals surface area contributed by atoms with E-state index in [-0.39, 0.29) is 4.90 Å². The molecule has 0 spiro atoms. The summed E-state index contributed by atoms with van der Waals surface area (Å²) in [5.41, 5.74) is 0. The normalized spacial score (nSPS) is 13.9. The summed E-state index contributed by atoms with van der Waals surface area (Å²) in [5.74, 6) is -2.66. The smallest absolute Gasteiger partial charge is 0.240 e. The van der Waals surface area contributed by atoms with Crippen LogP contribution >= 0.6 is 46.4 Å². The Labute approximate surface area is 154 Å². The van der Waals surface area contributed by atoms with Crippen LogP contribution in [0.4, 0.5) is 0 Å². The summed E-state index contributed by atoms with van der Waals surface area (Å²) in [6.45, 7) is 2.23. The number of hydrogen-bond acceptors (Lipinski definition) is 4. The number of alkyl halides is 3. The van der Waals surface area contributed by atoms with E-state index in [4.69, 9.17) is 46.4 Å². The standard InChI is InChI=1S/C13H13Cl4NO4S/c1-7(19)11(8(2)20)12(13(15,16)17)18-23(21,22)10-5-3-9(14)4-6-10/h3-6,11-12,18H,1-2H3. The second-order valence-corrected chi connectivity index (χ2v) is 9.31. The number of Topliss-reactive ketones (excluding diaryl/α,β-unsaturated/α-hetero) is 2. The summed E-state index contributed by atoms with van der Waals surface area (Å²) in [4.78, 5) is 23.2. The molecule has 0 bridgehead atoms. The average Bonchev–Trinajstić information content (AvgIpc) is 2.36. The Kier molecular flexibility index (Phi) is 6.90. The lowest BCUT2D eigenvalue weighted by molar-refractivity contribution is -0.131. The molecule has 1 aromatic carbocycles. The largest absolute Gasteiger partial charge is 0.299 e. The number of sulfonamides is 1. The van der Waals surface area contributed by atoms with Crippen LogP contribution in [-0.2, 0) is 19.6 Å². The van der Waals surface area contributed by atoms with Gasteiger partial charge in [-0.3, -0.25) is 9.59 Å². The van der Waals surface area contributed by atoms with Gasteiger partial charge in [-0.1, -0.05) is 46.4 Å². The molecule has 1 aromatic rings. The number of rotatable bonds is 6. The molecule has 1 atom stereocenters. The minimum absolute atomic E-state index is 0.146. The van der Waals surface area contributed by atoms with Crippen molar-refractivity contribution in [2.75, 3.05) is 0 Å². The Morgan fingerprint density at radius 1 is 1.04 bits per heavy atom. The summed E-state index contributed by atoms with van der Waals surface area (Å²) in [6, 6.07) is 3.68. The maximum absolute atomic E-state index is 12.4. The predicted molar refractivity (Wildman–Crippen MR) is 90.7 cm³/mol. The maximum atomic E-state index is 12.4. The lowest BCUT2D eigenvalue weighted by Gasteiger charge is -2.29. The first-order chi connectivity index (χ1) is 10.4. The zero-order valence-electron chi connectivity index (χ0n) is 12.0. The van der Waals surface area contributed by atoms with Crippen molar-refractivity contribution in [1.29, 1.82) is 0 Å². The first-order valence-electron chi connectivity index (χ1n) is 6.22. The molecule has 0 aromatic heterocycles. The Balaban J connectivity index is 3.27. The first-order valence-corrected chi connectivity index (χ1v) is 9.21. The molecule has 128 valence electrons. The van der Waals surface area contributed by atoms with E-state index in [1.54, 1.807) is 0 Å². The van der Waals surface area contributed by atoms with Crippen LogP contribution in [0.2, 0.25) is 5.02 Å². The third-order valence-electron chi connectivity index (χ3n) is 2.97. The molecule has 0 amide bonds. The van der Waals surface area contributed by atoms with Crippen molar-refractivity contribution >= 4 is 68.0 Å². The van der Waals surface area contributed by atoms with Gasteiger partial charge >= 0.3 is 0 Å². The van der Waals surface area contributed by atoms with Gasteiger partial charge in [0.2, 0.25) is 13.8 Å². The van der Waals surface area contributed by atoms with Crippen LogP contribution < -0.4 is 4.72 Å². The molecule has 1 N–H and O–H groups in total. The first kappa shape index (κ1) is 20.7. The van der Waals surface area contributed by atoms with Crippen LogP contribution in [0.5, 0.6) is 0 Å². The van der Waals surface area contributed by atoms with E-state index in [2.05, 4.69) is 4.72 Å². The van der Waals surface area contributed by atoms with Crippen molar-refractivity contribution in [1.82, 2.24) is 4.72 Å². The van der Waals surface area contributed by atoms with E-state index in [0.29, 0.717) is 5.02 Å². The molecule has 0 aliphatic carbocycles. The number of hydrogen-bond donors (Lipinski definition) is 1. The van der Waals surface area contributed by atoms with Gasteiger partial charge in [-0.25, -0.2) is 13.1 Å². The lowest BCUT2D eigenvalue weighted by Crippen LogP contribution is -2.52. The molecule has 0 heterocycles. The fourth-order valence-corrected chi connectivity index (χ4v) is 4.07. The minimum Gasteiger partial charge on any atom is -0.299 e. The zero-order valence-corrected chi connectivity index (χ0v) is 15.9. The van der Waals surface area contributed by atoms with E-state index >= 15 is 0 Å². The quantitative estimate of drug-likeness (QED) is 0.566. The molecule has 0 aliphatic rings. The second-order valence-electron chi connectivity index (χ2n) is 4.79. The lowest BCUT2D eigenvalue weighted by atomic mass is 9.93. The number of carbonyl (C=O) groups is 2. The number of ketones is 2. The Bertz CT molecular complexity index is 684. The monoisotopic (exact) mass is 419 g/mol. The topological polar surface area (TPSA) is 80.3 Å². The molecule has 0 radical (unpaired) electrons. The highest BCUT2D eigenvalue weighted by Gasteiger charge is 2.45. The number of nitrogens with one attached hydrogen (secondary N) is 1. The second kappa shape index (κ2) is 7.68. The van der Waals surface area contributed by atoms with Crippen molar-refractivity contribution in [3.63, 3.8) is 0 Å². The van der Waals surface area contributed by atoms with Crippen LogP contribution in [0.3, 0.4) is 0 Å². The van der Waals surface area contributed by atoms with Crippen molar-refractivity contribution in [3.8, 4) is 0 Å². The summed E-state index contributed by atoms with van der Waals surface area (Å²) >= 11 is 23.0. The van der Waals surface area contributed by atoms with Gasteiger partial charge < -0.3 is 0 Å². The van der Waals surface area contributed by atoms with Gasteiger partial charge in [0.25, 0.3) is 0 Å². The third kappa shape index (κ3) is 5.59. The molecular weight excluding hydrogens is 408 g/mol. The van der Waals surface area contributed by atoms with Crippen LogP contribution in [0.25, 0.3) is 0 Å². The molecule has 1 unspecified atom stereocenters. The number of halogens is 4. The highest BCUT2D eigenvalue weighted by molar-refractivity contribution is 7.89. The molecule has 0 aliphatic heterocycles. The van der Waals surface area contributed by atoms with Gasteiger partial charge in [-0.05, 0) is 38.1 Å². The summed E-state index contributed by atoms with van der Waals surface area (Å²) in [7, 11) is -4.14. The number of carbonyl (C=O) groups excluding carboxylic acids is 2. The van der Waals surface area contributed by atoms with Crippen LogP contribution in [0, 0.1) is 5.92 Å². The van der Waals surface area contributed by atoms with E-state index in [9.17, 15) is 18.0 Å². The molecule has 5 nitrogen and oxygen atoms in total. The highest BCUT2D eigenvalue weighted by atomic mass is 35.6. The molecule has 0 saturated heterocycles. The van der Waals surface area contributed by atoms with E-state index in [1.807, 2.05) is 0 Å². The molecule has 0 saturated carbocycles. The summed E-state index contributed by atoms with van der Waals surface area (Å²) in [6.07, 6.45) is 0. The van der Waals surface area contributed by atoms with E-state index in [1.165, 1.54) is 24.3 Å². The number of benzene rings is 1. The molecule has 0 fully saturated rings. The van der Waals surface area contributed by atoms with Crippen molar-refractivity contribution in [2.24, 2.45) is 5.92 Å². The average molecular weight is 421 g/mol. The fourth-order valence-electron chi connectivity index (χ4n) is 1.93. The van der Waals surface area contributed by atoms with Gasteiger partial charge in [0.15, 0.2) is 0 Å². The van der Waals surface area contributed by atoms with Crippen LogP contribution in [-0.4, -0.2) is 29.8 Å². The van der Waals surface area contributed by atoms with Gasteiger partial charge in [0.05, 0.1) is 16.9 Å². The Hall–Kier alpha value is -0.370. The third-order valence-corrected chi connectivity index (χ3v) is 5.38. The minimum atomic E-state index is -4.14. The van der Waals surface area contributed by atoms with E-state index in [0.717, 1.165) is 13.8 Å². The van der Waals surface area contributed by atoms with Crippen LogP contribution in [0.1, 0.15) is 13.8 Å². The molecule has 1 rings (SSSR count). The highest BCUT2D eigenvalue weighted by Crippen LogP contribution is 2.35. The van der Waals surface area contributed by atoms with Gasteiger partial charge in [-0.2, -0.15) is 0 Å². The Morgan fingerprint density at radius 2 is 1.48 bits per heavy atom. The Morgan fingerprint density at radius 3 is 1.83 bits per heavy atom. The zero-order chi connectivity index (χ0) is 18.0. The molecule has 23 heavy (non-hydrogen) atoms. The SMILES string of the molecule is CC(=O)C(C(C)=O)C(NS(=O)(=O)c1ccc(Cl)cc1)C(Cl)(Cl)Cl.